The van der Waals surface area contributed by atoms with Crippen molar-refractivity contribution >= 4 is 21.4 Å². The van der Waals surface area contributed by atoms with Gasteiger partial charge < -0.3 is 0 Å². The zero-order chi connectivity index (χ0) is 19.3. The highest BCUT2D eigenvalue weighted by atomic mass is 35.5. The van der Waals surface area contributed by atoms with E-state index in [4.69, 9.17) is 11.6 Å². The second-order valence-electron chi connectivity index (χ2n) is 5.05. The van der Waals surface area contributed by atoms with Crippen molar-refractivity contribution in [3.8, 4) is 5.69 Å². The molecule has 0 N–H and O–H groups in total. The Labute approximate surface area is 142 Å². The zero-order valence-electron chi connectivity index (χ0n) is 12.6. The van der Waals surface area contributed by atoms with E-state index in [1.165, 1.54) is 0 Å². The fourth-order valence-corrected chi connectivity index (χ4v) is 3.40. The summed E-state index contributed by atoms with van der Waals surface area (Å²) in [7, 11) is -3.21. The third-order valence-electron chi connectivity index (χ3n) is 3.25. The Kier molecular flexibility index (Phi) is 4.60. The number of hydrogen-bond donors (Lipinski definition) is 0. The summed E-state index contributed by atoms with van der Waals surface area (Å²) in [6.45, 7) is 0. The first-order chi connectivity index (χ1) is 11.2. The molecule has 0 saturated carbocycles. The molecule has 2 rings (SSSR count). The quantitative estimate of drug-likeness (QED) is 0.568. The molecular weight excluding hydrogens is 392 g/mol. The van der Waals surface area contributed by atoms with Crippen LogP contribution in [0.3, 0.4) is 0 Å². The summed E-state index contributed by atoms with van der Waals surface area (Å²) in [5, 5.41) is -0.500. The summed E-state index contributed by atoms with van der Waals surface area (Å²) < 4.78 is 76.1. The van der Waals surface area contributed by atoms with Gasteiger partial charge in [0.05, 0.1) is 15.6 Å². The van der Waals surface area contributed by atoms with E-state index in [1.54, 1.807) is 0 Å². The van der Waals surface area contributed by atoms with Gasteiger partial charge >= 0.3 is 11.9 Å². The lowest BCUT2D eigenvalue weighted by Crippen LogP contribution is -2.41. The number of rotatable bonds is 2. The maximum atomic E-state index is 14.1. The van der Waals surface area contributed by atoms with E-state index in [1.807, 2.05) is 0 Å². The van der Waals surface area contributed by atoms with Crippen molar-refractivity contribution in [2.24, 2.45) is 7.05 Å². The average molecular weight is 401 g/mol. The number of nitrogens with zero attached hydrogens (tertiary/aromatic N) is 2. The van der Waals surface area contributed by atoms with Crippen LogP contribution in [0.25, 0.3) is 5.69 Å². The first-order valence-corrected chi connectivity index (χ1v) is 8.62. The molecule has 1 aromatic carbocycles. The largest absolute Gasteiger partial charge is 0.431 e. The first kappa shape index (κ1) is 19.2. The molecule has 1 aromatic heterocycles. The molecule has 0 bridgehead atoms. The number of hydrogen-bond acceptors (Lipinski definition) is 4. The molecule has 0 unspecified atom stereocenters. The van der Waals surface area contributed by atoms with Gasteiger partial charge in [-0.15, -0.1) is 0 Å². The van der Waals surface area contributed by atoms with Gasteiger partial charge in [-0.3, -0.25) is 9.36 Å². The van der Waals surface area contributed by atoms with E-state index in [-0.39, 0.29) is 15.2 Å². The number of alkyl halides is 3. The minimum absolute atomic E-state index is 0.0928. The van der Waals surface area contributed by atoms with Crippen LogP contribution in [0.4, 0.5) is 17.6 Å². The Hall–Kier alpha value is -2.14. The SMILES string of the molecule is Cn1c(C(F)(F)F)cc(=O)n(-c2cc(S(C)(=O)=O)c(Cl)cc2F)c1=O. The number of sulfone groups is 1. The van der Waals surface area contributed by atoms with Gasteiger partial charge in [0.1, 0.15) is 11.5 Å². The molecule has 0 aliphatic heterocycles. The highest BCUT2D eigenvalue weighted by Crippen LogP contribution is 2.28. The molecular formula is C13H9ClF4N2O4S. The minimum Gasteiger partial charge on any atom is -0.292 e. The van der Waals surface area contributed by atoms with E-state index >= 15 is 0 Å². The number of benzene rings is 1. The van der Waals surface area contributed by atoms with Crippen LogP contribution in [0, 0.1) is 5.82 Å². The number of halogens is 5. The van der Waals surface area contributed by atoms with Crippen molar-refractivity contribution in [1.82, 2.24) is 9.13 Å². The van der Waals surface area contributed by atoms with Crippen molar-refractivity contribution < 1.29 is 26.0 Å². The third kappa shape index (κ3) is 3.47. The summed E-state index contributed by atoms with van der Waals surface area (Å²) in [6, 6.07) is 1.27. The van der Waals surface area contributed by atoms with Gasteiger partial charge in [-0.2, -0.15) is 13.2 Å². The molecule has 2 aromatic rings. The monoisotopic (exact) mass is 400 g/mol. The number of aromatic nitrogens is 2. The summed E-state index contributed by atoms with van der Waals surface area (Å²) in [4.78, 5) is 23.5. The van der Waals surface area contributed by atoms with Crippen LogP contribution in [0.15, 0.2) is 32.7 Å². The van der Waals surface area contributed by atoms with Crippen LogP contribution in [0.5, 0.6) is 0 Å². The maximum absolute atomic E-state index is 14.1. The van der Waals surface area contributed by atoms with Crippen LogP contribution < -0.4 is 11.2 Å². The van der Waals surface area contributed by atoms with Crippen molar-refractivity contribution in [2.45, 2.75) is 11.1 Å². The summed E-state index contributed by atoms with van der Waals surface area (Å²) in [6.07, 6.45) is -4.23. The Bertz CT molecular complexity index is 1090. The molecule has 0 aliphatic carbocycles. The van der Waals surface area contributed by atoms with Crippen LogP contribution >= 0.6 is 11.6 Å². The van der Waals surface area contributed by atoms with E-state index in [0.29, 0.717) is 12.1 Å². The molecule has 12 heteroatoms. The van der Waals surface area contributed by atoms with Crippen LogP contribution in [-0.4, -0.2) is 23.8 Å². The zero-order valence-corrected chi connectivity index (χ0v) is 14.1. The standard InChI is InChI=1S/C13H9ClF4N2O4S/c1-19-10(13(16,17)18)5-11(21)20(12(19)22)8-4-9(25(2,23)24)6(14)3-7(8)15/h3-5H,1-2H3. The molecule has 136 valence electrons. The third-order valence-corrected chi connectivity index (χ3v) is 4.81. The molecule has 0 atom stereocenters. The molecule has 0 saturated heterocycles. The summed E-state index contributed by atoms with van der Waals surface area (Å²) in [5.74, 6) is -1.25. The van der Waals surface area contributed by atoms with Gasteiger partial charge in [0.15, 0.2) is 9.84 Å². The normalized spacial score (nSPS) is 12.4. The van der Waals surface area contributed by atoms with Crippen LogP contribution in [0.1, 0.15) is 5.69 Å². The second kappa shape index (κ2) is 5.99. The van der Waals surface area contributed by atoms with E-state index in [9.17, 15) is 35.6 Å². The predicted octanol–water partition coefficient (Wildman–Crippen LogP) is 1.75. The highest BCUT2D eigenvalue weighted by molar-refractivity contribution is 7.90. The smallest absolute Gasteiger partial charge is 0.292 e. The highest BCUT2D eigenvalue weighted by Gasteiger charge is 2.35. The molecule has 0 radical (unpaired) electrons. The van der Waals surface area contributed by atoms with E-state index in [0.717, 1.165) is 13.3 Å². The molecule has 0 fully saturated rings. The molecule has 25 heavy (non-hydrogen) atoms. The molecule has 1 heterocycles. The van der Waals surface area contributed by atoms with E-state index < -0.39 is 54.4 Å². The van der Waals surface area contributed by atoms with Gasteiger partial charge in [-0.1, -0.05) is 11.6 Å². The summed E-state index contributed by atoms with van der Waals surface area (Å²) in [5.41, 5.74) is -5.34. The summed E-state index contributed by atoms with van der Waals surface area (Å²) >= 11 is 5.63. The fraction of sp³-hybridized carbons (Fsp3) is 0.231. The lowest BCUT2D eigenvalue weighted by atomic mass is 10.3. The maximum Gasteiger partial charge on any atom is 0.431 e. The molecule has 0 aliphatic rings. The Balaban J connectivity index is 2.92. The Morgan fingerprint density at radius 1 is 1.12 bits per heavy atom. The minimum atomic E-state index is -4.98. The van der Waals surface area contributed by atoms with Crippen molar-refractivity contribution in [3.05, 3.63) is 55.6 Å². The lowest BCUT2D eigenvalue weighted by Gasteiger charge is -2.15. The van der Waals surface area contributed by atoms with Gasteiger partial charge in [0.25, 0.3) is 5.56 Å². The van der Waals surface area contributed by atoms with Gasteiger partial charge in [0, 0.05) is 19.4 Å². The Morgan fingerprint density at radius 2 is 1.68 bits per heavy atom. The van der Waals surface area contributed by atoms with Gasteiger partial charge in [-0.05, 0) is 12.1 Å². The first-order valence-electron chi connectivity index (χ1n) is 6.35. The van der Waals surface area contributed by atoms with Crippen LogP contribution in [-0.2, 0) is 23.1 Å². The fourth-order valence-electron chi connectivity index (χ4n) is 2.09. The van der Waals surface area contributed by atoms with Crippen molar-refractivity contribution in [2.75, 3.05) is 6.26 Å². The van der Waals surface area contributed by atoms with Crippen LogP contribution in [0.2, 0.25) is 5.02 Å². The van der Waals surface area contributed by atoms with Crippen molar-refractivity contribution in [3.63, 3.8) is 0 Å². The van der Waals surface area contributed by atoms with Gasteiger partial charge in [0.2, 0.25) is 0 Å². The van der Waals surface area contributed by atoms with Crippen molar-refractivity contribution in [1.29, 1.82) is 0 Å². The predicted molar refractivity (Wildman–Crippen MR) is 80.4 cm³/mol. The molecule has 0 amide bonds. The second-order valence-corrected chi connectivity index (χ2v) is 7.44. The van der Waals surface area contributed by atoms with Gasteiger partial charge in [-0.25, -0.2) is 22.2 Å². The lowest BCUT2D eigenvalue weighted by molar-refractivity contribution is -0.144. The molecule has 0 spiro atoms. The van der Waals surface area contributed by atoms with E-state index in [2.05, 4.69) is 0 Å². The molecule has 6 nitrogen and oxygen atoms in total. The average Bonchev–Trinajstić information content (AvgIpc) is 2.42. The topological polar surface area (TPSA) is 78.1 Å². The Morgan fingerprint density at radius 3 is 2.16 bits per heavy atom.